The van der Waals surface area contributed by atoms with Crippen LogP contribution in [0.5, 0.6) is 0 Å². The fourth-order valence-corrected chi connectivity index (χ4v) is 3.35. The summed E-state index contributed by atoms with van der Waals surface area (Å²) in [6.07, 6.45) is 1.90. The van der Waals surface area contributed by atoms with Crippen LogP contribution in [-0.2, 0) is 10.2 Å². The number of nitrogens with one attached hydrogen (secondary N) is 1. The summed E-state index contributed by atoms with van der Waals surface area (Å²) < 4.78 is 28.0. The fraction of sp³-hybridized carbons (Fsp3) is 0.900. The Morgan fingerprint density at radius 2 is 1.88 bits per heavy atom. The Morgan fingerprint density at radius 1 is 1.29 bits per heavy atom. The molecule has 2 rings (SSSR count). The van der Waals surface area contributed by atoms with Crippen LogP contribution in [0.2, 0.25) is 0 Å². The number of nitrogens with zero attached hydrogens (tertiary/aromatic N) is 3. The molecule has 1 saturated carbocycles. The van der Waals surface area contributed by atoms with Crippen molar-refractivity contribution in [1.29, 1.82) is 5.26 Å². The third-order valence-corrected chi connectivity index (χ3v) is 4.92. The summed E-state index contributed by atoms with van der Waals surface area (Å²) in [6.45, 7) is 4.02. The molecule has 0 spiro atoms. The van der Waals surface area contributed by atoms with Gasteiger partial charge in [0.05, 0.1) is 12.1 Å². The fourth-order valence-electron chi connectivity index (χ4n) is 1.90. The largest absolute Gasteiger partial charge is 0.286 e. The van der Waals surface area contributed by atoms with Gasteiger partial charge >= 0.3 is 0 Å². The minimum atomic E-state index is -3.30. The molecule has 1 unspecified atom stereocenters. The molecule has 96 valence electrons. The predicted molar refractivity (Wildman–Crippen MR) is 63.3 cm³/mol. The minimum Gasteiger partial charge on any atom is -0.286 e. The van der Waals surface area contributed by atoms with Gasteiger partial charge in [-0.05, 0) is 19.8 Å². The van der Waals surface area contributed by atoms with Gasteiger partial charge in [-0.2, -0.15) is 22.7 Å². The van der Waals surface area contributed by atoms with Gasteiger partial charge in [0, 0.05) is 32.2 Å². The van der Waals surface area contributed by atoms with Crippen LogP contribution >= 0.6 is 0 Å². The highest BCUT2D eigenvalue weighted by atomic mass is 32.2. The number of nitriles is 1. The first kappa shape index (κ1) is 12.8. The zero-order valence-electron chi connectivity index (χ0n) is 9.96. The molecule has 0 bridgehead atoms. The Kier molecular flexibility index (Phi) is 3.68. The summed E-state index contributed by atoms with van der Waals surface area (Å²) >= 11 is 0. The van der Waals surface area contributed by atoms with Crippen molar-refractivity contribution in [3.05, 3.63) is 0 Å². The van der Waals surface area contributed by atoms with Crippen LogP contribution in [0.15, 0.2) is 0 Å². The maximum Gasteiger partial charge on any atom is 0.279 e. The second-order valence-corrected chi connectivity index (χ2v) is 6.34. The molecule has 2 aliphatic rings. The Labute approximate surface area is 102 Å². The minimum absolute atomic E-state index is 0.142. The normalized spacial score (nSPS) is 25.4. The Hall–Kier alpha value is -0.680. The summed E-state index contributed by atoms with van der Waals surface area (Å²) in [5.74, 6) is 0. The monoisotopic (exact) mass is 258 g/mol. The Balaban J connectivity index is 1.88. The molecule has 0 aromatic carbocycles. The van der Waals surface area contributed by atoms with Gasteiger partial charge in [-0.1, -0.05) is 0 Å². The predicted octanol–water partition coefficient (Wildman–Crippen LogP) is -0.487. The van der Waals surface area contributed by atoms with Gasteiger partial charge in [0.25, 0.3) is 10.2 Å². The smallest absolute Gasteiger partial charge is 0.279 e. The molecule has 7 heteroatoms. The lowest BCUT2D eigenvalue weighted by Crippen LogP contribution is -2.53. The third kappa shape index (κ3) is 3.16. The maximum atomic E-state index is 11.9. The van der Waals surface area contributed by atoms with E-state index in [0.29, 0.717) is 26.2 Å². The zero-order chi connectivity index (χ0) is 12.5. The van der Waals surface area contributed by atoms with Crippen LogP contribution in [-0.4, -0.2) is 55.9 Å². The highest BCUT2D eigenvalue weighted by molar-refractivity contribution is 7.87. The van der Waals surface area contributed by atoms with Crippen molar-refractivity contribution in [2.75, 3.05) is 26.2 Å². The van der Waals surface area contributed by atoms with Gasteiger partial charge in [-0.25, -0.2) is 0 Å². The van der Waals surface area contributed by atoms with Crippen molar-refractivity contribution in [1.82, 2.24) is 13.9 Å². The summed E-state index contributed by atoms with van der Waals surface area (Å²) in [5.41, 5.74) is 0. The van der Waals surface area contributed by atoms with Crippen molar-refractivity contribution >= 4 is 10.2 Å². The van der Waals surface area contributed by atoms with Crippen molar-refractivity contribution in [2.45, 2.75) is 31.8 Å². The van der Waals surface area contributed by atoms with Gasteiger partial charge < -0.3 is 0 Å². The molecule has 0 amide bonds. The van der Waals surface area contributed by atoms with Gasteiger partial charge in [-0.15, -0.1) is 0 Å². The first-order chi connectivity index (χ1) is 8.03. The van der Waals surface area contributed by atoms with E-state index in [1.54, 1.807) is 0 Å². The van der Waals surface area contributed by atoms with E-state index in [-0.39, 0.29) is 12.1 Å². The number of rotatable bonds is 4. The molecule has 1 N–H and O–H groups in total. The molecular weight excluding hydrogens is 240 g/mol. The van der Waals surface area contributed by atoms with Crippen molar-refractivity contribution in [3.8, 4) is 6.07 Å². The summed E-state index contributed by atoms with van der Waals surface area (Å²) in [5, 5.41) is 8.80. The van der Waals surface area contributed by atoms with Crippen LogP contribution in [0.4, 0.5) is 0 Å². The first-order valence-electron chi connectivity index (χ1n) is 5.94. The first-order valence-corrected chi connectivity index (χ1v) is 7.38. The third-order valence-electron chi connectivity index (χ3n) is 3.24. The quantitative estimate of drug-likeness (QED) is 0.738. The second kappa shape index (κ2) is 4.90. The van der Waals surface area contributed by atoms with Crippen LogP contribution in [0.1, 0.15) is 19.8 Å². The Bertz CT molecular complexity index is 405. The summed E-state index contributed by atoms with van der Waals surface area (Å²) in [4.78, 5) is 2.00. The molecule has 1 heterocycles. The topological polar surface area (TPSA) is 76.4 Å². The summed E-state index contributed by atoms with van der Waals surface area (Å²) in [6, 6.07) is 2.18. The number of hydrogen-bond donors (Lipinski definition) is 1. The van der Waals surface area contributed by atoms with Crippen LogP contribution in [0.25, 0.3) is 0 Å². The zero-order valence-corrected chi connectivity index (χ0v) is 10.8. The molecule has 1 aliphatic heterocycles. The molecule has 0 aromatic rings. The van der Waals surface area contributed by atoms with Gasteiger partial charge in [0.2, 0.25) is 0 Å². The highest BCUT2D eigenvalue weighted by Gasteiger charge is 2.33. The summed E-state index contributed by atoms with van der Waals surface area (Å²) in [7, 11) is -3.30. The molecule has 1 aliphatic carbocycles. The maximum absolute atomic E-state index is 11.9. The average molecular weight is 258 g/mol. The molecule has 1 saturated heterocycles. The van der Waals surface area contributed by atoms with E-state index in [1.807, 2.05) is 11.8 Å². The molecule has 17 heavy (non-hydrogen) atoms. The van der Waals surface area contributed by atoms with E-state index >= 15 is 0 Å². The van der Waals surface area contributed by atoms with E-state index in [4.69, 9.17) is 5.26 Å². The molecule has 6 nitrogen and oxygen atoms in total. The van der Waals surface area contributed by atoms with Crippen LogP contribution < -0.4 is 4.72 Å². The van der Waals surface area contributed by atoms with E-state index in [0.717, 1.165) is 12.8 Å². The molecular formula is C10H18N4O2S. The molecule has 0 aromatic heterocycles. The van der Waals surface area contributed by atoms with Gasteiger partial charge in [-0.3, -0.25) is 4.90 Å². The number of piperazine rings is 1. The molecule has 1 atom stereocenters. The lowest BCUT2D eigenvalue weighted by molar-refractivity contribution is 0.168. The van der Waals surface area contributed by atoms with Crippen LogP contribution in [0.3, 0.4) is 0 Å². The standard InChI is InChI=1S/C10H18N4O2S/c1-9(8-11)13-4-6-14(7-5-13)17(15,16)12-10-2-3-10/h9-10,12H,2-7H2,1H3. The second-order valence-electron chi connectivity index (χ2n) is 4.64. The molecule has 0 radical (unpaired) electrons. The Morgan fingerprint density at radius 3 is 2.35 bits per heavy atom. The van der Waals surface area contributed by atoms with Crippen molar-refractivity contribution in [2.24, 2.45) is 0 Å². The van der Waals surface area contributed by atoms with Crippen molar-refractivity contribution in [3.63, 3.8) is 0 Å². The van der Waals surface area contributed by atoms with Gasteiger partial charge in [0.15, 0.2) is 0 Å². The van der Waals surface area contributed by atoms with E-state index in [9.17, 15) is 8.42 Å². The van der Waals surface area contributed by atoms with E-state index in [1.165, 1.54) is 4.31 Å². The number of hydrogen-bond acceptors (Lipinski definition) is 4. The molecule has 2 fully saturated rings. The van der Waals surface area contributed by atoms with E-state index < -0.39 is 10.2 Å². The van der Waals surface area contributed by atoms with E-state index in [2.05, 4.69) is 10.8 Å². The highest BCUT2D eigenvalue weighted by Crippen LogP contribution is 2.21. The van der Waals surface area contributed by atoms with Crippen LogP contribution in [0, 0.1) is 11.3 Å². The van der Waals surface area contributed by atoms with Crippen molar-refractivity contribution < 1.29 is 8.42 Å². The van der Waals surface area contributed by atoms with Gasteiger partial charge in [0.1, 0.15) is 0 Å². The lowest BCUT2D eigenvalue weighted by Gasteiger charge is -2.35. The SMILES string of the molecule is CC(C#N)N1CCN(S(=O)(=O)NC2CC2)CC1. The lowest BCUT2D eigenvalue weighted by atomic mass is 10.2. The average Bonchev–Trinajstić information content (AvgIpc) is 3.11.